The number of aliphatic carboxylic acids is 2. The first-order valence-corrected chi connectivity index (χ1v) is 7.07. The zero-order valence-corrected chi connectivity index (χ0v) is 9.90. The summed E-state index contributed by atoms with van der Waals surface area (Å²) in [5.41, 5.74) is 0. The fraction of sp³-hybridized carbons (Fsp3) is 0.857. The van der Waals surface area contributed by atoms with Gasteiger partial charge in [-0.15, -0.1) is 0 Å². The van der Waals surface area contributed by atoms with Gasteiger partial charge < -0.3 is 10.2 Å². The molecule has 0 amide bonds. The van der Waals surface area contributed by atoms with Crippen molar-refractivity contribution < 1.29 is 19.8 Å². The van der Waals surface area contributed by atoms with Crippen LogP contribution in [-0.4, -0.2) is 22.2 Å². The Morgan fingerprint density at radius 3 is 1.72 bits per heavy atom. The molecule has 0 aromatic heterocycles. The van der Waals surface area contributed by atoms with E-state index in [2.05, 4.69) is 0 Å². The van der Waals surface area contributed by atoms with Gasteiger partial charge in [-0.2, -0.15) is 0 Å². The maximum atomic E-state index is 11.4. The first-order chi connectivity index (χ1) is 8.61. The zero-order valence-electron chi connectivity index (χ0n) is 9.90. The summed E-state index contributed by atoms with van der Waals surface area (Å²) >= 11 is 0. The molecule has 6 fully saturated rings. The minimum absolute atomic E-state index is 0.187. The Kier molecular flexibility index (Phi) is 1.42. The minimum atomic E-state index is -0.755. The molecule has 4 heteroatoms. The number of rotatable bonds is 2. The molecule has 6 saturated carbocycles. The van der Waals surface area contributed by atoms with Crippen LogP contribution in [0.15, 0.2) is 0 Å². The van der Waals surface area contributed by atoms with Gasteiger partial charge in [0.15, 0.2) is 0 Å². The number of fused-ring (bicyclic) bond motifs is 1. The molecule has 2 N–H and O–H groups in total. The number of carboxylic acids is 2. The summed E-state index contributed by atoms with van der Waals surface area (Å²) < 4.78 is 0. The molecule has 0 heterocycles. The molecule has 0 aliphatic heterocycles. The molecule has 6 bridgehead atoms. The van der Waals surface area contributed by atoms with E-state index in [0.717, 1.165) is 17.8 Å². The summed E-state index contributed by atoms with van der Waals surface area (Å²) in [6.45, 7) is 0. The van der Waals surface area contributed by atoms with Crippen molar-refractivity contribution >= 4 is 11.9 Å². The third-order valence-electron chi connectivity index (χ3n) is 7.26. The molecule has 0 spiro atoms. The van der Waals surface area contributed by atoms with Gasteiger partial charge in [0.25, 0.3) is 0 Å². The molecule has 6 aliphatic rings. The Labute approximate surface area is 104 Å². The van der Waals surface area contributed by atoms with E-state index >= 15 is 0 Å². The van der Waals surface area contributed by atoms with Gasteiger partial charge in [-0.1, -0.05) is 0 Å². The molecule has 0 aromatic carbocycles. The highest BCUT2D eigenvalue weighted by molar-refractivity contribution is 5.77. The Bertz CT molecular complexity index is 486. The van der Waals surface area contributed by atoms with E-state index in [1.807, 2.05) is 0 Å². The largest absolute Gasteiger partial charge is 0.481 e. The lowest BCUT2D eigenvalue weighted by Crippen LogP contribution is -2.52. The first kappa shape index (κ1) is 9.82. The van der Waals surface area contributed by atoms with Gasteiger partial charge in [-0.25, -0.2) is 0 Å². The smallest absolute Gasteiger partial charge is 0.306 e. The van der Waals surface area contributed by atoms with E-state index in [0.29, 0.717) is 24.2 Å². The van der Waals surface area contributed by atoms with Crippen molar-refractivity contribution in [2.24, 2.45) is 59.2 Å². The SMILES string of the molecule is O=C(O)C1CC(C(=O)O)C2C1C1C3CC4C3C2C41. The van der Waals surface area contributed by atoms with Crippen molar-refractivity contribution in [2.75, 3.05) is 0 Å². The molecule has 18 heavy (non-hydrogen) atoms. The number of hydrogen-bond acceptors (Lipinski definition) is 2. The molecule has 6 aliphatic carbocycles. The second-order valence-electron chi connectivity index (χ2n) is 7.15. The van der Waals surface area contributed by atoms with Crippen LogP contribution in [0, 0.1) is 59.2 Å². The zero-order chi connectivity index (χ0) is 12.3. The van der Waals surface area contributed by atoms with Crippen molar-refractivity contribution in [2.45, 2.75) is 12.8 Å². The molecule has 0 aromatic rings. The highest BCUT2D eigenvalue weighted by Gasteiger charge is 2.83. The van der Waals surface area contributed by atoms with Gasteiger partial charge in [0.1, 0.15) is 0 Å². The Morgan fingerprint density at radius 1 is 0.667 bits per heavy atom. The lowest BCUT2D eigenvalue weighted by molar-refractivity contribution is -0.149. The van der Waals surface area contributed by atoms with Gasteiger partial charge in [0.2, 0.25) is 0 Å². The van der Waals surface area contributed by atoms with E-state index in [4.69, 9.17) is 0 Å². The van der Waals surface area contributed by atoms with Crippen molar-refractivity contribution in [3.05, 3.63) is 0 Å². The summed E-state index contributed by atoms with van der Waals surface area (Å²) in [5, 5.41) is 18.8. The van der Waals surface area contributed by atoms with Crippen molar-refractivity contribution in [1.29, 1.82) is 0 Å². The van der Waals surface area contributed by atoms with E-state index in [1.54, 1.807) is 0 Å². The van der Waals surface area contributed by atoms with Crippen molar-refractivity contribution in [1.82, 2.24) is 0 Å². The van der Waals surface area contributed by atoms with Gasteiger partial charge in [-0.3, -0.25) is 9.59 Å². The number of carboxylic acid groups (broad SMARTS) is 2. The Hall–Kier alpha value is -1.06. The summed E-state index contributed by atoms with van der Waals surface area (Å²) in [6, 6.07) is 0. The van der Waals surface area contributed by atoms with Crippen molar-refractivity contribution in [3.8, 4) is 0 Å². The third kappa shape index (κ3) is 0.733. The molecule has 10 unspecified atom stereocenters. The predicted molar refractivity (Wildman–Crippen MR) is 59.4 cm³/mol. The van der Waals surface area contributed by atoms with Crippen LogP contribution in [0.4, 0.5) is 0 Å². The van der Waals surface area contributed by atoms with Crippen LogP contribution < -0.4 is 0 Å². The second kappa shape index (κ2) is 2.61. The van der Waals surface area contributed by atoms with Gasteiger partial charge in [-0.05, 0) is 60.2 Å². The summed E-state index contributed by atoms with van der Waals surface area (Å²) in [7, 11) is 0. The lowest BCUT2D eigenvalue weighted by atomic mass is 9.48. The third-order valence-corrected chi connectivity index (χ3v) is 7.26. The van der Waals surface area contributed by atoms with Crippen molar-refractivity contribution in [3.63, 3.8) is 0 Å². The Balaban J connectivity index is 1.59. The van der Waals surface area contributed by atoms with E-state index in [9.17, 15) is 19.8 Å². The number of hydrogen-bond donors (Lipinski definition) is 2. The highest BCUT2D eigenvalue weighted by atomic mass is 16.4. The molecule has 0 saturated heterocycles. The average molecular weight is 248 g/mol. The molecule has 0 radical (unpaired) electrons. The topological polar surface area (TPSA) is 74.6 Å². The van der Waals surface area contributed by atoms with Gasteiger partial charge >= 0.3 is 11.9 Å². The monoisotopic (exact) mass is 248 g/mol. The molecule has 96 valence electrons. The molecule has 10 atom stereocenters. The van der Waals surface area contributed by atoms with Crippen LogP contribution in [0.1, 0.15) is 12.8 Å². The minimum Gasteiger partial charge on any atom is -0.481 e. The van der Waals surface area contributed by atoms with E-state index in [1.165, 1.54) is 6.42 Å². The maximum Gasteiger partial charge on any atom is 0.306 e. The molecular formula is C14H16O4. The summed E-state index contributed by atoms with van der Waals surface area (Å²) in [4.78, 5) is 22.8. The van der Waals surface area contributed by atoms with E-state index in [-0.39, 0.29) is 23.7 Å². The quantitative estimate of drug-likeness (QED) is 0.769. The van der Waals surface area contributed by atoms with Crippen LogP contribution in [0.25, 0.3) is 0 Å². The van der Waals surface area contributed by atoms with Gasteiger partial charge in [0, 0.05) is 0 Å². The second-order valence-corrected chi connectivity index (χ2v) is 7.15. The molecular weight excluding hydrogens is 232 g/mol. The maximum absolute atomic E-state index is 11.4. The molecule has 6 rings (SSSR count). The van der Waals surface area contributed by atoms with Crippen LogP contribution in [-0.2, 0) is 9.59 Å². The summed E-state index contributed by atoms with van der Waals surface area (Å²) in [5.74, 6) is 2.36. The lowest BCUT2D eigenvalue weighted by Gasteiger charge is -2.56. The number of carbonyl (C=O) groups is 2. The van der Waals surface area contributed by atoms with Crippen LogP contribution in [0.5, 0.6) is 0 Å². The Morgan fingerprint density at radius 2 is 1.17 bits per heavy atom. The fourth-order valence-corrected chi connectivity index (χ4v) is 7.13. The normalized spacial score (nSPS) is 65.1. The van der Waals surface area contributed by atoms with Crippen LogP contribution >= 0.6 is 0 Å². The average Bonchev–Trinajstić information content (AvgIpc) is 2.95. The highest BCUT2D eigenvalue weighted by Crippen LogP contribution is 2.85. The standard InChI is InChI=1S/C14H16O4/c15-13(16)5-2-6(14(17)18)11-10(5)8-3-1-4-7(3)12(11)9(4)8/h3-12H,1-2H2,(H,15,16)(H,17,18). The van der Waals surface area contributed by atoms with E-state index < -0.39 is 11.9 Å². The van der Waals surface area contributed by atoms with Gasteiger partial charge in [0.05, 0.1) is 11.8 Å². The molecule has 4 nitrogen and oxygen atoms in total. The fourth-order valence-electron chi connectivity index (χ4n) is 7.13. The summed E-state index contributed by atoms with van der Waals surface area (Å²) in [6.07, 6.45) is 1.69. The van der Waals surface area contributed by atoms with Crippen LogP contribution in [0.3, 0.4) is 0 Å². The predicted octanol–water partition coefficient (Wildman–Crippen LogP) is 1.17. The first-order valence-electron chi connectivity index (χ1n) is 7.07. The van der Waals surface area contributed by atoms with Crippen LogP contribution in [0.2, 0.25) is 0 Å².